The number of hydrogen-bond donors (Lipinski definition) is 0. The van der Waals surface area contributed by atoms with Crippen LogP contribution in [0, 0.1) is 18.7 Å². The van der Waals surface area contributed by atoms with E-state index in [2.05, 4.69) is 0 Å². The van der Waals surface area contributed by atoms with Crippen molar-refractivity contribution in [1.29, 1.82) is 0 Å². The number of ketones is 1. The molecule has 1 aromatic heterocycles. The van der Waals surface area contributed by atoms with Crippen LogP contribution in [0.1, 0.15) is 39.3 Å². The van der Waals surface area contributed by atoms with Gasteiger partial charge in [-0.1, -0.05) is 30.3 Å². The minimum absolute atomic E-state index is 0.0916. The minimum Gasteiger partial charge on any atom is -0.339 e. The summed E-state index contributed by atoms with van der Waals surface area (Å²) in [5.41, 5.74) is 2.86. The second-order valence-electron chi connectivity index (χ2n) is 7.51. The third kappa shape index (κ3) is 3.11. The number of Topliss-reactive ketones (excluding diaryl/α,β-unsaturated/α-hetero) is 1. The van der Waals surface area contributed by atoms with Crippen molar-refractivity contribution >= 4 is 22.6 Å². The fourth-order valence-corrected chi connectivity index (χ4v) is 4.27. The largest absolute Gasteiger partial charge is 0.339 e. The summed E-state index contributed by atoms with van der Waals surface area (Å²) in [7, 11) is 1.83. The number of halogens is 1. The molecule has 0 saturated carbocycles. The molecule has 1 aliphatic heterocycles. The number of hydrogen-bond acceptors (Lipinski definition) is 2. The Morgan fingerprint density at radius 2 is 1.86 bits per heavy atom. The molecule has 2 aromatic carbocycles. The highest BCUT2D eigenvalue weighted by Gasteiger charge is 2.31. The number of amides is 1. The summed E-state index contributed by atoms with van der Waals surface area (Å²) < 4.78 is 15.5. The first-order chi connectivity index (χ1) is 13.5. The first-order valence-corrected chi connectivity index (χ1v) is 9.60. The Hall–Kier alpha value is -2.95. The van der Waals surface area contributed by atoms with Gasteiger partial charge in [-0.05, 0) is 43.5 Å². The summed E-state index contributed by atoms with van der Waals surface area (Å²) >= 11 is 0. The van der Waals surface area contributed by atoms with E-state index in [1.54, 1.807) is 11.0 Å². The van der Waals surface area contributed by atoms with Crippen LogP contribution in [0.4, 0.5) is 4.39 Å². The van der Waals surface area contributed by atoms with Crippen molar-refractivity contribution in [3.8, 4) is 0 Å². The standard InChI is InChI=1S/C23H23FN2O2/c1-15-19-13-18(24)10-11-20(19)25(2)21(15)23(28)26-12-6-9-17(14-26)22(27)16-7-4-3-5-8-16/h3-5,7-8,10-11,13,17H,6,9,12,14H2,1-2H3. The average molecular weight is 378 g/mol. The van der Waals surface area contributed by atoms with E-state index in [1.165, 1.54) is 12.1 Å². The van der Waals surface area contributed by atoms with Gasteiger partial charge in [-0.3, -0.25) is 9.59 Å². The Labute approximate surface area is 163 Å². The van der Waals surface area contributed by atoms with E-state index in [0.717, 1.165) is 29.3 Å². The fraction of sp³-hybridized carbons (Fsp3) is 0.304. The maximum atomic E-state index is 13.7. The summed E-state index contributed by atoms with van der Waals surface area (Å²) in [5, 5.41) is 0.750. The molecule has 0 spiro atoms. The first-order valence-electron chi connectivity index (χ1n) is 9.60. The van der Waals surface area contributed by atoms with Crippen LogP contribution in [0.3, 0.4) is 0 Å². The summed E-state index contributed by atoms with van der Waals surface area (Å²) in [5.74, 6) is -0.504. The molecule has 0 bridgehead atoms. The molecule has 28 heavy (non-hydrogen) atoms. The number of carbonyl (C=O) groups is 2. The SMILES string of the molecule is Cc1c(C(=O)N2CCCC(C(=O)c3ccccc3)C2)n(C)c2ccc(F)cc12. The molecule has 1 unspecified atom stereocenters. The summed E-state index contributed by atoms with van der Waals surface area (Å²) in [6.07, 6.45) is 1.59. The molecule has 2 heterocycles. The highest BCUT2D eigenvalue weighted by Crippen LogP contribution is 2.28. The second kappa shape index (κ2) is 7.23. The van der Waals surface area contributed by atoms with Crippen molar-refractivity contribution in [2.24, 2.45) is 13.0 Å². The van der Waals surface area contributed by atoms with E-state index in [9.17, 15) is 14.0 Å². The molecule has 4 nitrogen and oxygen atoms in total. The van der Waals surface area contributed by atoms with Crippen molar-refractivity contribution in [3.05, 3.63) is 71.2 Å². The number of fused-ring (bicyclic) bond motifs is 1. The Morgan fingerprint density at radius 3 is 2.61 bits per heavy atom. The highest BCUT2D eigenvalue weighted by molar-refractivity contribution is 6.02. The quantitative estimate of drug-likeness (QED) is 0.636. The number of nitrogens with zero attached hydrogens (tertiary/aromatic N) is 2. The molecule has 5 heteroatoms. The van der Waals surface area contributed by atoms with Gasteiger partial charge in [0.05, 0.1) is 0 Å². The van der Waals surface area contributed by atoms with Gasteiger partial charge in [0, 0.05) is 42.5 Å². The number of carbonyl (C=O) groups excluding carboxylic acids is 2. The molecule has 1 aliphatic rings. The molecule has 1 amide bonds. The zero-order valence-corrected chi connectivity index (χ0v) is 16.1. The molecular weight excluding hydrogens is 355 g/mol. The van der Waals surface area contributed by atoms with Gasteiger partial charge in [-0.15, -0.1) is 0 Å². The van der Waals surface area contributed by atoms with Crippen molar-refractivity contribution in [1.82, 2.24) is 9.47 Å². The van der Waals surface area contributed by atoms with Crippen molar-refractivity contribution < 1.29 is 14.0 Å². The Kier molecular flexibility index (Phi) is 4.75. The van der Waals surface area contributed by atoms with Crippen LogP contribution in [0.15, 0.2) is 48.5 Å². The number of likely N-dealkylation sites (tertiary alicyclic amines) is 1. The Balaban J connectivity index is 1.62. The highest BCUT2D eigenvalue weighted by atomic mass is 19.1. The lowest BCUT2D eigenvalue weighted by Gasteiger charge is -2.32. The van der Waals surface area contributed by atoms with E-state index in [0.29, 0.717) is 24.3 Å². The second-order valence-corrected chi connectivity index (χ2v) is 7.51. The number of aryl methyl sites for hydroxylation is 2. The predicted molar refractivity (Wildman–Crippen MR) is 107 cm³/mol. The van der Waals surface area contributed by atoms with Crippen LogP contribution in [0.5, 0.6) is 0 Å². The molecule has 1 saturated heterocycles. The Morgan fingerprint density at radius 1 is 1.11 bits per heavy atom. The maximum absolute atomic E-state index is 13.7. The zero-order valence-electron chi connectivity index (χ0n) is 16.1. The van der Waals surface area contributed by atoms with Crippen molar-refractivity contribution in [2.45, 2.75) is 19.8 Å². The number of piperidine rings is 1. The Bertz CT molecular complexity index is 1060. The van der Waals surface area contributed by atoms with Gasteiger partial charge in [0.15, 0.2) is 5.78 Å². The third-order valence-corrected chi connectivity index (χ3v) is 5.75. The topological polar surface area (TPSA) is 42.3 Å². The molecule has 1 atom stereocenters. The summed E-state index contributed by atoms with van der Waals surface area (Å²) in [4.78, 5) is 27.9. The van der Waals surface area contributed by atoms with Gasteiger partial charge in [0.2, 0.25) is 0 Å². The molecule has 144 valence electrons. The summed E-state index contributed by atoms with van der Waals surface area (Å²) in [6, 6.07) is 13.8. The normalized spacial score (nSPS) is 17.1. The van der Waals surface area contributed by atoms with E-state index >= 15 is 0 Å². The van der Waals surface area contributed by atoms with Gasteiger partial charge < -0.3 is 9.47 Å². The molecule has 0 N–H and O–H groups in total. The van der Waals surface area contributed by atoms with Gasteiger partial charge >= 0.3 is 0 Å². The lowest BCUT2D eigenvalue weighted by molar-refractivity contribution is 0.0629. The lowest BCUT2D eigenvalue weighted by atomic mass is 9.90. The molecule has 0 aliphatic carbocycles. The van der Waals surface area contributed by atoms with Crippen LogP contribution in [0.2, 0.25) is 0 Å². The van der Waals surface area contributed by atoms with Crippen molar-refractivity contribution in [2.75, 3.05) is 13.1 Å². The van der Waals surface area contributed by atoms with Crippen LogP contribution in [0.25, 0.3) is 10.9 Å². The predicted octanol–water partition coefficient (Wildman–Crippen LogP) is 4.36. The van der Waals surface area contributed by atoms with Gasteiger partial charge in [0.1, 0.15) is 11.5 Å². The van der Waals surface area contributed by atoms with E-state index < -0.39 is 0 Å². The smallest absolute Gasteiger partial charge is 0.270 e. The van der Waals surface area contributed by atoms with Gasteiger partial charge in [0.25, 0.3) is 5.91 Å². The van der Waals surface area contributed by atoms with E-state index in [-0.39, 0.29) is 23.4 Å². The number of aromatic nitrogens is 1. The fourth-order valence-electron chi connectivity index (χ4n) is 4.27. The molecule has 0 radical (unpaired) electrons. The average Bonchev–Trinajstić information content (AvgIpc) is 2.97. The van der Waals surface area contributed by atoms with Crippen LogP contribution < -0.4 is 0 Å². The van der Waals surface area contributed by atoms with Crippen LogP contribution in [-0.4, -0.2) is 34.2 Å². The minimum atomic E-state index is -0.313. The van der Waals surface area contributed by atoms with Gasteiger partial charge in [-0.2, -0.15) is 0 Å². The lowest BCUT2D eigenvalue weighted by Crippen LogP contribution is -2.43. The van der Waals surface area contributed by atoms with Crippen molar-refractivity contribution in [3.63, 3.8) is 0 Å². The first kappa shape index (κ1) is 18.4. The maximum Gasteiger partial charge on any atom is 0.270 e. The molecule has 1 fully saturated rings. The number of benzene rings is 2. The van der Waals surface area contributed by atoms with E-state index in [4.69, 9.17) is 0 Å². The monoisotopic (exact) mass is 378 g/mol. The summed E-state index contributed by atoms with van der Waals surface area (Å²) in [6.45, 7) is 2.90. The zero-order chi connectivity index (χ0) is 19.8. The van der Waals surface area contributed by atoms with Gasteiger partial charge in [-0.25, -0.2) is 4.39 Å². The van der Waals surface area contributed by atoms with Crippen LogP contribution >= 0.6 is 0 Å². The third-order valence-electron chi connectivity index (χ3n) is 5.75. The molecular formula is C23H23FN2O2. The number of rotatable bonds is 3. The molecule has 3 aromatic rings. The molecule has 4 rings (SSSR count). The van der Waals surface area contributed by atoms with Crippen LogP contribution in [-0.2, 0) is 7.05 Å². The van der Waals surface area contributed by atoms with E-state index in [1.807, 2.05) is 48.9 Å².